The van der Waals surface area contributed by atoms with Crippen LogP contribution in [0.3, 0.4) is 0 Å². The Hall–Kier alpha value is -0.870. The maximum absolute atomic E-state index is 12.8. The van der Waals surface area contributed by atoms with Gasteiger partial charge in [-0.1, -0.05) is 17.7 Å². The molecule has 22 heavy (non-hydrogen) atoms. The first-order valence-corrected chi connectivity index (χ1v) is 10.0. The molecule has 0 saturated heterocycles. The standard InChI is InChI=1S/C18H25NO2S/c1-11-3-4-17(12(2)5-11)22(20,21)19-18-15-7-13-6-14(9-15)10-16(18)8-13/h3-5,13-16,18-19H,6-10H2,1-2H3. The van der Waals surface area contributed by atoms with Gasteiger partial charge < -0.3 is 0 Å². The van der Waals surface area contributed by atoms with Crippen LogP contribution in [-0.4, -0.2) is 14.5 Å². The van der Waals surface area contributed by atoms with E-state index in [9.17, 15) is 8.42 Å². The summed E-state index contributed by atoms with van der Waals surface area (Å²) in [6.07, 6.45) is 6.31. The van der Waals surface area contributed by atoms with Crippen LogP contribution in [0.25, 0.3) is 0 Å². The molecule has 5 rings (SSSR count). The van der Waals surface area contributed by atoms with E-state index in [4.69, 9.17) is 0 Å². The van der Waals surface area contributed by atoms with E-state index in [1.807, 2.05) is 26.0 Å². The van der Waals surface area contributed by atoms with Crippen LogP contribution < -0.4 is 4.72 Å². The molecule has 1 aromatic carbocycles. The second-order valence-electron chi connectivity index (χ2n) is 7.85. The highest BCUT2D eigenvalue weighted by Crippen LogP contribution is 2.53. The number of benzene rings is 1. The van der Waals surface area contributed by atoms with Gasteiger partial charge >= 0.3 is 0 Å². The third kappa shape index (κ3) is 2.41. The quantitative estimate of drug-likeness (QED) is 0.928. The van der Waals surface area contributed by atoms with Gasteiger partial charge in [-0.25, -0.2) is 13.1 Å². The van der Waals surface area contributed by atoms with Gasteiger partial charge in [0.05, 0.1) is 4.90 Å². The minimum Gasteiger partial charge on any atom is -0.208 e. The van der Waals surface area contributed by atoms with Gasteiger partial charge in [0, 0.05) is 6.04 Å². The van der Waals surface area contributed by atoms with Gasteiger partial charge in [0.1, 0.15) is 0 Å². The summed E-state index contributed by atoms with van der Waals surface area (Å²) >= 11 is 0. The number of hydrogen-bond donors (Lipinski definition) is 1. The Kier molecular flexibility index (Phi) is 3.39. The van der Waals surface area contributed by atoms with Gasteiger partial charge in [0.25, 0.3) is 0 Å². The normalized spacial score (nSPS) is 36.7. The van der Waals surface area contributed by atoms with Gasteiger partial charge in [0.15, 0.2) is 0 Å². The van der Waals surface area contributed by atoms with Gasteiger partial charge in [-0.3, -0.25) is 0 Å². The highest BCUT2D eigenvalue weighted by Gasteiger charge is 2.49. The smallest absolute Gasteiger partial charge is 0.208 e. The Morgan fingerprint density at radius 3 is 2.09 bits per heavy atom. The van der Waals surface area contributed by atoms with E-state index in [0.717, 1.165) is 23.0 Å². The summed E-state index contributed by atoms with van der Waals surface area (Å²) in [7, 11) is -3.40. The Morgan fingerprint density at radius 1 is 0.955 bits per heavy atom. The van der Waals surface area contributed by atoms with Crippen LogP contribution in [0.5, 0.6) is 0 Å². The average molecular weight is 319 g/mol. The molecule has 0 amide bonds. The maximum Gasteiger partial charge on any atom is 0.241 e. The first-order chi connectivity index (χ1) is 10.4. The SMILES string of the molecule is Cc1ccc(S(=O)(=O)NC2C3CC4CC(C3)CC2C4)c(C)c1. The highest BCUT2D eigenvalue weighted by molar-refractivity contribution is 7.89. The number of rotatable bonds is 3. The predicted molar refractivity (Wildman–Crippen MR) is 87.1 cm³/mol. The van der Waals surface area contributed by atoms with E-state index in [1.165, 1.54) is 32.1 Å². The van der Waals surface area contributed by atoms with E-state index in [-0.39, 0.29) is 6.04 Å². The van der Waals surface area contributed by atoms with Crippen molar-refractivity contribution in [2.24, 2.45) is 23.7 Å². The van der Waals surface area contributed by atoms with Crippen LogP contribution in [0.1, 0.15) is 43.2 Å². The second-order valence-corrected chi connectivity index (χ2v) is 9.53. The molecule has 0 atom stereocenters. The summed E-state index contributed by atoms with van der Waals surface area (Å²) in [6.45, 7) is 3.88. The molecule has 4 aliphatic rings. The van der Waals surface area contributed by atoms with Gasteiger partial charge in [-0.2, -0.15) is 0 Å². The summed E-state index contributed by atoms with van der Waals surface area (Å²) in [6, 6.07) is 5.76. The molecule has 0 unspecified atom stereocenters. The summed E-state index contributed by atoms with van der Waals surface area (Å²) in [5.41, 5.74) is 1.95. The van der Waals surface area contributed by atoms with Crippen molar-refractivity contribution in [3.05, 3.63) is 29.3 Å². The molecule has 4 aliphatic carbocycles. The third-order valence-corrected chi connectivity index (χ3v) is 7.76. The van der Waals surface area contributed by atoms with Crippen molar-refractivity contribution in [2.75, 3.05) is 0 Å². The fourth-order valence-electron chi connectivity index (χ4n) is 5.46. The van der Waals surface area contributed by atoms with Gasteiger partial charge in [-0.15, -0.1) is 0 Å². The fourth-order valence-corrected chi connectivity index (χ4v) is 7.06. The molecule has 1 aromatic rings. The zero-order chi connectivity index (χ0) is 15.5. The zero-order valence-electron chi connectivity index (χ0n) is 13.4. The molecule has 0 aliphatic heterocycles. The van der Waals surface area contributed by atoms with Gasteiger partial charge in [0.2, 0.25) is 10.0 Å². The Labute approximate surface area is 133 Å². The minimum atomic E-state index is -3.40. The monoisotopic (exact) mass is 319 g/mol. The molecule has 4 fully saturated rings. The molecule has 0 heterocycles. The molecule has 4 bridgehead atoms. The van der Waals surface area contributed by atoms with Crippen LogP contribution in [0, 0.1) is 37.5 Å². The van der Waals surface area contributed by atoms with Crippen molar-refractivity contribution < 1.29 is 8.42 Å². The molecule has 4 heteroatoms. The zero-order valence-corrected chi connectivity index (χ0v) is 14.2. The summed E-state index contributed by atoms with van der Waals surface area (Å²) < 4.78 is 28.8. The van der Waals surface area contributed by atoms with Gasteiger partial charge in [-0.05, 0) is 81.3 Å². The van der Waals surface area contributed by atoms with E-state index in [1.54, 1.807) is 6.07 Å². The largest absolute Gasteiger partial charge is 0.241 e. The summed E-state index contributed by atoms with van der Waals surface area (Å²) in [4.78, 5) is 0.451. The van der Waals surface area contributed by atoms with Crippen LogP contribution in [0.2, 0.25) is 0 Å². The molecule has 0 spiro atoms. The molecular weight excluding hydrogens is 294 g/mol. The molecule has 120 valence electrons. The van der Waals surface area contributed by atoms with Crippen LogP contribution in [-0.2, 0) is 10.0 Å². The highest BCUT2D eigenvalue weighted by atomic mass is 32.2. The van der Waals surface area contributed by atoms with Crippen molar-refractivity contribution in [3.8, 4) is 0 Å². The number of aryl methyl sites for hydroxylation is 2. The topological polar surface area (TPSA) is 46.2 Å². The van der Waals surface area contributed by atoms with E-state index >= 15 is 0 Å². The van der Waals surface area contributed by atoms with Crippen molar-refractivity contribution in [1.82, 2.24) is 4.72 Å². The van der Waals surface area contributed by atoms with Crippen LogP contribution >= 0.6 is 0 Å². The lowest BCUT2D eigenvalue weighted by Crippen LogP contribution is -2.55. The summed E-state index contributed by atoms with van der Waals surface area (Å²) in [5.74, 6) is 2.86. The number of hydrogen-bond acceptors (Lipinski definition) is 2. The molecule has 4 saturated carbocycles. The number of sulfonamides is 1. The Bertz CT molecular complexity index is 667. The van der Waals surface area contributed by atoms with Crippen molar-refractivity contribution in [2.45, 2.75) is 56.9 Å². The Balaban J connectivity index is 1.60. The van der Waals surface area contributed by atoms with E-state index < -0.39 is 10.0 Å². The molecule has 0 aromatic heterocycles. The van der Waals surface area contributed by atoms with Crippen LogP contribution in [0.15, 0.2) is 23.1 Å². The van der Waals surface area contributed by atoms with Crippen molar-refractivity contribution >= 4 is 10.0 Å². The lowest BCUT2D eigenvalue weighted by atomic mass is 9.54. The lowest BCUT2D eigenvalue weighted by Gasteiger charge is -2.54. The van der Waals surface area contributed by atoms with Crippen LogP contribution in [0.4, 0.5) is 0 Å². The Morgan fingerprint density at radius 2 is 1.55 bits per heavy atom. The molecule has 3 nitrogen and oxygen atoms in total. The summed E-state index contributed by atoms with van der Waals surface area (Å²) in [5, 5.41) is 0. The molecular formula is C18H25NO2S. The minimum absolute atomic E-state index is 0.165. The molecule has 0 radical (unpaired) electrons. The van der Waals surface area contributed by atoms with Crippen molar-refractivity contribution in [3.63, 3.8) is 0 Å². The fraction of sp³-hybridized carbons (Fsp3) is 0.667. The third-order valence-electron chi connectivity index (χ3n) is 6.14. The van der Waals surface area contributed by atoms with E-state index in [2.05, 4.69) is 4.72 Å². The second kappa shape index (κ2) is 5.07. The maximum atomic E-state index is 12.8. The first-order valence-electron chi connectivity index (χ1n) is 8.52. The molecule has 1 N–H and O–H groups in total. The average Bonchev–Trinajstić information content (AvgIpc) is 2.41. The van der Waals surface area contributed by atoms with Crippen molar-refractivity contribution in [1.29, 1.82) is 0 Å². The van der Waals surface area contributed by atoms with E-state index in [0.29, 0.717) is 16.7 Å². The predicted octanol–water partition coefficient (Wildman–Crippen LogP) is 3.41. The lowest BCUT2D eigenvalue weighted by molar-refractivity contribution is -0.00558. The number of nitrogens with one attached hydrogen (secondary N) is 1. The first kappa shape index (κ1) is 14.7.